The van der Waals surface area contributed by atoms with Crippen LogP contribution in [0, 0.1) is 0 Å². The summed E-state index contributed by atoms with van der Waals surface area (Å²) in [6.45, 7) is 1.56. The zero-order valence-corrected chi connectivity index (χ0v) is 15.8. The number of carbonyl (C=O) groups is 1. The Morgan fingerprint density at radius 1 is 0.786 bits per heavy atom. The van der Waals surface area contributed by atoms with Crippen LogP contribution in [0.2, 0.25) is 0 Å². The molecule has 0 fully saturated rings. The second-order valence-corrected chi connectivity index (χ2v) is 6.89. The highest BCUT2D eigenvalue weighted by Gasteiger charge is 2.09. The molecule has 0 amide bonds. The molecule has 4 rings (SSSR count). The van der Waals surface area contributed by atoms with Crippen LogP contribution in [0.3, 0.4) is 0 Å². The summed E-state index contributed by atoms with van der Waals surface area (Å²) < 4.78 is 5.54. The van der Waals surface area contributed by atoms with Crippen molar-refractivity contribution in [3.05, 3.63) is 102 Å². The number of hydrogen-bond donors (Lipinski definition) is 0. The Labute approximate surface area is 164 Å². The summed E-state index contributed by atoms with van der Waals surface area (Å²) in [5, 5.41) is 4.18. The number of aryl methyl sites for hydroxylation is 2. The van der Waals surface area contributed by atoms with Gasteiger partial charge in [-0.2, -0.15) is 0 Å². The first-order valence-corrected chi connectivity index (χ1v) is 9.40. The molecule has 0 saturated heterocycles. The Hall–Kier alpha value is -3.46. The van der Waals surface area contributed by atoms with E-state index in [1.165, 1.54) is 11.1 Å². The van der Waals surface area contributed by atoms with E-state index in [1.807, 2.05) is 36.4 Å². The van der Waals surface area contributed by atoms with E-state index < -0.39 is 0 Å². The molecule has 3 heteroatoms. The Balaban J connectivity index is 1.45. The van der Waals surface area contributed by atoms with Gasteiger partial charge in [-0.25, -0.2) is 0 Å². The van der Waals surface area contributed by atoms with Crippen LogP contribution in [0.5, 0.6) is 0 Å². The van der Waals surface area contributed by atoms with Crippen LogP contribution in [0.4, 0.5) is 0 Å². The summed E-state index contributed by atoms with van der Waals surface area (Å²) in [5.74, 6) is 0.792. The van der Waals surface area contributed by atoms with Crippen molar-refractivity contribution in [1.82, 2.24) is 5.16 Å². The molecule has 0 atom stereocenters. The minimum absolute atomic E-state index is 0.0553. The molecule has 0 bridgehead atoms. The van der Waals surface area contributed by atoms with E-state index in [0.29, 0.717) is 5.56 Å². The van der Waals surface area contributed by atoms with Gasteiger partial charge in [0.15, 0.2) is 11.5 Å². The Morgan fingerprint density at radius 3 is 2.04 bits per heavy atom. The minimum Gasteiger partial charge on any atom is -0.356 e. The third kappa shape index (κ3) is 4.09. The average Bonchev–Trinajstić information content (AvgIpc) is 3.24. The smallest absolute Gasteiger partial charge is 0.167 e. The second-order valence-electron chi connectivity index (χ2n) is 6.89. The lowest BCUT2D eigenvalue weighted by Gasteiger charge is -2.03. The van der Waals surface area contributed by atoms with Gasteiger partial charge in [-0.1, -0.05) is 84.0 Å². The lowest BCUT2D eigenvalue weighted by Crippen LogP contribution is -1.90. The third-order valence-corrected chi connectivity index (χ3v) is 4.88. The van der Waals surface area contributed by atoms with E-state index in [1.54, 1.807) is 6.92 Å². The molecule has 0 saturated carbocycles. The molecule has 0 spiro atoms. The highest BCUT2D eigenvalue weighted by atomic mass is 16.5. The molecule has 0 aliphatic heterocycles. The van der Waals surface area contributed by atoms with Gasteiger partial charge in [-0.15, -0.1) is 0 Å². The van der Waals surface area contributed by atoms with E-state index >= 15 is 0 Å². The number of rotatable bonds is 6. The van der Waals surface area contributed by atoms with Crippen LogP contribution in [-0.2, 0) is 12.8 Å². The van der Waals surface area contributed by atoms with Crippen LogP contribution in [0.15, 0.2) is 89.5 Å². The quantitative estimate of drug-likeness (QED) is 0.393. The van der Waals surface area contributed by atoms with Crippen molar-refractivity contribution >= 4 is 5.78 Å². The molecule has 1 heterocycles. The summed E-state index contributed by atoms with van der Waals surface area (Å²) in [7, 11) is 0. The standard InChI is InChI=1S/C25H21NO2/c1-18(27)21-13-15-22(16-14-21)24-17-25(28-26-24)23-11-9-20(10-12-23)8-7-19-5-3-2-4-6-19/h2-6,9-17H,7-8H2,1H3. The predicted octanol–water partition coefficient (Wildman–Crippen LogP) is 6.00. The number of nitrogens with zero attached hydrogens (tertiary/aromatic N) is 1. The van der Waals surface area contributed by atoms with Crippen molar-refractivity contribution in [1.29, 1.82) is 0 Å². The molecule has 3 nitrogen and oxygen atoms in total. The molecule has 3 aromatic carbocycles. The van der Waals surface area contributed by atoms with Gasteiger partial charge >= 0.3 is 0 Å². The molecule has 0 N–H and O–H groups in total. The molecule has 0 radical (unpaired) electrons. The maximum absolute atomic E-state index is 11.4. The molecule has 28 heavy (non-hydrogen) atoms. The number of Topliss-reactive ketones (excluding diaryl/α,β-unsaturated/α-hetero) is 1. The molecule has 0 aliphatic carbocycles. The highest BCUT2D eigenvalue weighted by molar-refractivity contribution is 5.94. The van der Waals surface area contributed by atoms with Crippen molar-refractivity contribution in [2.75, 3.05) is 0 Å². The first-order chi connectivity index (χ1) is 13.7. The predicted molar refractivity (Wildman–Crippen MR) is 111 cm³/mol. The SMILES string of the molecule is CC(=O)c1ccc(-c2cc(-c3ccc(CCc4ccccc4)cc3)on2)cc1. The van der Waals surface area contributed by atoms with E-state index in [9.17, 15) is 4.79 Å². The Bertz CT molecular complexity index is 1060. The third-order valence-electron chi connectivity index (χ3n) is 4.88. The van der Waals surface area contributed by atoms with Crippen molar-refractivity contribution in [3.8, 4) is 22.6 Å². The van der Waals surface area contributed by atoms with Gasteiger partial charge in [-0.3, -0.25) is 4.79 Å². The number of aromatic nitrogens is 1. The van der Waals surface area contributed by atoms with Crippen molar-refractivity contribution < 1.29 is 9.32 Å². The lowest BCUT2D eigenvalue weighted by molar-refractivity contribution is 0.101. The number of ketones is 1. The Kier molecular flexibility index (Phi) is 5.16. The fourth-order valence-electron chi connectivity index (χ4n) is 3.19. The van der Waals surface area contributed by atoms with Crippen molar-refractivity contribution in [2.24, 2.45) is 0 Å². The molecular formula is C25H21NO2. The fourth-order valence-corrected chi connectivity index (χ4v) is 3.19. The van der Waals surface area contributed by atoms with Crippen LogP contribution in [0.1, 0.15) is 28.4 Å². The normalized spacial score (nSPS) is 10.8. The highest BCUT2D eigenvalue weighted by Crippen LogP contribution is 2.26. The van der Waals surface area contributed by atoms with Gasteiger partial charge in [0.2, 0.25) is 0 Å². The summed E-state index contributed by atoms with van der Waals surface area (Å²) >= 11 is 0. The van der Waals surface area contributed by atoms with Gasteiger partial charge in [0.25, 0.3) is 0 Å². The van der Waals surface area contributed by atoms with Crippen LogP contribution < -0.4 is 0 Å². The molecule has 1 aromatic heterocycles. The summed E-state index contributed by atoms with van der Waals surface area (Å²) in [6, 6.07) is 28.3. The van der Waals surface area contributed by atoms with Crippen molar-refractivity contribution in [3.63, 3.8) is 0 Å². The summed E-state index contributed by atoms with van der Waals surface area (Å²) in [5.41, 5.74) is 6.04. The van der Waals surface area contributed by atoms with Gasteiger partial charge in [0.05, 0.1) is 0 Å². The number of carbonyl (C=O) groups excluding carboxylic acids is 1. The molecule has 138 valence electrons. The summed E-state index contributed by atoms with van der Waals surface area (Å²) in [6.07, 6.45) is 2.04. The summed E-state index contributed by atoms with van der Waals surface area (Å²) in [4.78, 5) is 11.4. The second kappa shape index (κ2) is 8.05. The average molecular weight is 367 g/mol. The molecule has 0 unspecified atom stereocenters. The van der Waals surface area contributed by atoms with E-state index in [2.05, 4.69) is 53.7 Å². The first kappa shape index (κ1) is 17.9. The first-order valence-electron chi connectivity index (χ1n) is 9.40. The van der Waals surface area contributed by atoms with Crippen molar-refractivity contribution in [2.45, 2.75) is 19.8 Å². The minimum atomic E-state index is 0.0553. The number of hydrogen-bond acceptors (Lipinski definition) is 3. The maximum Gasteiger partial charge on any atom is 0.167 e. The maximum atomic E-state index is 11.4. The zero-order chi connectivity index (χ0) is 19.3. The monoisotopic (exact) mass is 367 g/mol. The largest absolute Gasteiger partial charge is 0.356 e. The molecule has 0 aliphatic rings. The fraction of sp³-hybridized carbons (Fsp3) is 0.120. The molecular weight excluding hydrogens is 346 g/mol. The zero-order valence-electron chi connectivity index (χ0n) is 15.8. The topological polar surface area (TPSA) is 43.1 Å². The van der Waals surface area contributed by atoms with E-state index in [0.717, 1.165) is 35.4 Å². The Morgan fingerprint density at radius 2 is 1.39 bits per heavy atom. The van der Waals surface area contributed by atoms with Gasteiger partial charge < -0.3 is 4.52 Å². The van der Waals surface area contributed by atoms with E-state index in [4.69, 9.17) is 4.52 Å². The van der Waals surface area contributed by atoms with Gasteiger partial charge in [-0.05, 0) is 30.9 Å². The van der Waals surface area contributed by atoms with Crippen LogP contribution in [-0.4, -0.2) is 10.9 Å². The van der Waals surface area contributed by atoms with Crippen LogP contribution in [0.25, 0.3) is 22.6 Å². The van der Waals surface area contributed by atoms with Gasteiger partial charge in [0, 0.05) is 22.8 Å². The number of benzene rings is 3. The lowest BCUT2D eigenvalue weighted by atomic mass is 10.0. The van der Waals surface area contributed by atoms with Gasteiger partial charge in [0.1, 0.15) is 5.69 Å². The molecule has 4 aromatic rings. The van der Waals surface area contributed by atoms with Crippen LogP contribution >= 0.6 is 0 Å². The van der Waals surface area contributed by atoms with E-state index in [-0.39, 0.29) is 5.78 Å².